The van der Waals surface area contributed by atoms with Crippen LogP contribution in [0, 0.1) is 0 Å². The van der Waals surface area contributed by atoms with E-state index in [9.17, 15) is 4.79 Å². The molecule has 0 saturated carbocycles. The van der Waals surface area contributed by atoms with E-state index < -0.39 is 0 Å². The molecule has 2 aromatic rings. The first-order valence-corrected chi connectivity index (χ1v) is 9.48. The summed E-state index contributed by atoms with van der Waals surface area (Å²) in [6.07, 6.45) is 1.58. The number of nitrogens with zero attached hydrogens (tertiary/aromatic N) is 4. The Hall–Kier alpha value is -1.67. The zero-order valence-corrected chi connectivity index (χ0v) is 17.0. The predicted octanol–water partition coefficient (Wildman–Crippen LogP) is 1.93. The lowest BCUT2D eigenvalue weighted by atomic mass is 10.2. The second kappa shape index (κ2) is 10.6. The van der Waals surface area contributed by atoms with Crippen LogP contribution in [0.25, 0.3) is 5.69 Å². The van der Waals surface area contributed by atoms with Gasteiger partial charge in [-0.15, -0.1) is 17.5 Å². The van der Waals surface area contributed by atoms with Gasteiger partial charge < -0.3 is 15.5 Å². The smallest absolute Gasteiger partial charge is 0.273 e. The SMILES string of the molecule is CCc1c(C(=O)NCCCN2CCNCC2)nnn1-c1cccc(Cl)c1.Cl. The van der Waals surface area contributed by atoms with E-state index in [2.05, 4.69) is 25.8 Å². The minimum absolute atomic E-state index is 0. The van der Waals surface area contributed by atoms with Crippen LogP contribution >= 0.6 is 24.0 Å². The fourth-order valence-electron chi connectivity index (χ4n) is 3.13. The molecule has 0 atom stereocenters. The van der Waals surface area contributed by atoms with E-state index in [0.29, 0.717) is 23.7 Å². The van der Waals surface area contributed by atoms with Crippen LogP contribution < -0.4 is 10.6 Å². The maximum atomic E-state index is 12.5. The van der Waals surface area contributed by atoms with Crippen molar-refractivity contribution < 1.29 is 4.79 Å². The average molecular weight is 413 g/mol. The molecule has 1 aliphatic rings. The third-order valence-corrected chi connectivity index (χ3v) is 4.75. The third kappa shape index (κ3) is 5.65. The van der Waals surface area contributed by atoms with E-state index in [4.69, 9.17) is 11.6 Å². The van der Waals surface area contributed by atoms with Crippen molar-refractivity contribution in [2.45, 2.75) is 19.8 Å². The van der Waals surface area contributed by atoms with Gasteiger partial charge in [0.05, 0.1) is 11.4 Å². The van der Waals surface area contributed by atoms with Crippen molar-refractivity contribution in [1.82, 2.24) is 30.5 Å². The van der Waals surface area contributed by atoms with Gasteiger partial charge >= 0.3 is 0 Å². The van der Waals surface area contributed by atoms with Crippen LogP contribution in [0.15, 0.2) is 24.3 Å². The molecule has 9 heteroatoms. The van der Waals surface area contributed by atoms with E-state index in [0.717, 1.165) is 50.5 Å². The van der Waals surface area contributed by atoms with Crippen molar-refractivity contribution in [1.29, 1.82) is 0 Å². The fourth-order valence-corrected chi connectivity index (χ4v) is 3.32. The van der Waals surface area contributed by atoms with Gasteiger partial charge in [0.2, 0.25) is 0 Å². The molecule has 1 aliphatic heterocycles. The van der Waals surface area contributed by atoms with Crippen LogP contribution in [0.4, 0.5) is 0 Å². The van der Waals surface area contributed by atoms with E-state index >= 15 is 0 Å². The van der Waals surface area contributed by atoms with Gasteiger partial charge in [-0.25, -0.2) is 4.68 Å². The molecule has 1 fully saturated rings. The monoisotopic (exact) mass is 412 g/mol. The predicted molar refractivity (Wildman–Crippen MR) is 109 cm³/mol. The Bertz CT molecular complexity index is 745. The largest absolute Gasteiger partial charge is 0.351 e. The van der Waals surface area contributed by atoms with Gasteiger partial charge in [0, 0.05) is 37.7 Å². The summed E-state index contributed by atoms with van der Waals surface area (Å²) in [5, 5.41) is 15.2. The van der Waals surface area contributed by atoms with Crippen LogP contribution in [-0.4, -0.2) is 65.1 Å². The first kappa shape index (κ1) is 21.6. The molecule has 2 heterocycles. The molecule has 148 valence electrons. The first-order chi connectivity index (χ1) is 12.7. The first-order valence-electron chi connectivity index (χ1n) is 9.11. The maximum Gasteiger partial charge on any atom is 0.273 e. The summed E-state index contributed by atoms with van der Waals surface area (Å²) < 4.78 is 1.68. The molecule has 1 amide bonds. The van der Waals surface area contributed by atoms with Crippen molar-refractivity contribution in [3.05, 3.63) is 40.7 Å². The molecule has 0 radical (unpaired) electrons. The van der Waals surface area contributed by atoms with Gasteiger partial charge in [-0.2, -0.15) is 0 Å². The number of hydrogen-bond donors (Lipinski definition) is 2. The molecule has 2 N–H and O–H groups in total. The van der Waals surface area contributed by atoms with Crippen molar-refractivity contribution in [3.8, 4) is 5.69 Å². The van der Waals surface area contributed by atoms with Crippen LogP contribution in [0.1, 0.15) is 29.5 Å². The Morgan fingerprint density at radius 1 is 1.33 bits per heavy atom. The number of halogens is 2. The van der Waals surface area contributed by atoms with Crippen molar-refractivity contribution >= 4 is 29.9 Å². The highest BCUT2D eigenvalue weighted by atomic mass is 35.5. The zero-order valence-electron chi connectivity index (χ0n) is 15.4. The Morgan fingerprint density at radius 3 is 2.81 bits per heavy atom. The zero-order chi connectivity index (χ0) is 18.4. The summed E-state index contributed by atoms with van der Waals surface area (Å²) in [6.45, 7) is 7.84. The summed E-state index contributed by atoms with van der Waals surface area (Å²) in [7, 11) is 0. The summed E-state index contributed by atoms with van der Waals surface area (Å²) in [5.41, 5.74) is 1.97. The van der Waals surface area contributed by atoms with Crippen LogP contribution in [0.2, 0.25) is 5.02 Å². The molecule has 1 aromatic heterocycles. The second-order valence-electron chi connectivity index (χ2n) is 6.33. The lowest BCUT2D eigenvalue weighted by Crippen LogP contribution is -2.44. The van der Waals surface area contributed by atoms with Crippen molar-refractivity contribution in [2.24, 2.45) is 0 Å². The van der Waals surface area contributed by atoms with Crippen molar-refractivity contribution in [3.63, 3.8) is 0 Å². The van der Waals surface area contributed by atoms with E-state index in [1.165, 1.54) is 0 Å². The molecule has 1 saturated heterocycles. The molecule has 3 rings (SSSR count). The average Bonchev–Trinajstić information content (AvgIpc) is 3.10. The Morgan fingerprint density at radius 2 is 2.11 bits per heavy atom. The number of nitrogens with one attached hydrogen (secondary N) is 2. The highest BCUT2D eigenvalue weighted by Gasteiger charge is 2.19. The lowest BCUT2D eigenvalue weighted by Gasteiger charge is -2.27. The van der Waals surface area contributed by atoms with Crippen molar-refractivity contribution in [2.75, 3.05) is 39.3 Å². The standard InChI is InChI=1S/C18H25ClN6O.ClH/c1-2-16-17(22-23-25(16)15-6-3-5-14(19)13-15)18(26)21-7-4-10-24-11-8-20-9-12-24;/h3,5-6,13,20H,2,4,7-12H2,1H3,(H,21,26);1H. The number of benzene rings is 1. The number of hydrogen-bond acceptors (Lipinski definition) is 5. The number of aromatic nitrogens is 3. The molecule has 0 unspecified atom stereocenters. The van der Waals surface area contributed by atoms with Crippen LogP contribution in [0.3, 0.4) is 0 Å². The molecule has 0 spiro atoms. The molecule has 27 heavy (non-hydrogen) atoms. The number of rotatable bonds is 7. The molecule has 7 nitrogen and oxygen atoms in total. The molecule has 0 bridgehead atoms. The van der Waals surface area contributed by atoms with Crippen LogP contribution in [-0.2, 0) is 6.42 Å². The number of carbonyl (C=O) groups excluding carboxylic acids is 1. The third-order valence-electron chi connectivity index (χ3n) is 4.51. The molecule has 0 aliphatic carbocycles. The summed E-state index contributed by atoms with van der Waals surface area (Å²) in [4.78, 5) is 14.9. The van der Waals surface area contributed by atoms with E-state index in [-0.39, 0.29) is 18.3 Å². The highest BCUT2D eigenvalue weighted by molar-refractivity contribution is 6.30. The molecular weight excluding hydrogens is 387 g/mol. The maximum absolute atomic E-state index is 12.5. The van der Waals surface area contributed by atoms with Gasteiger partial charge in [0.25, 0.3) is 5.91 Å². The summed E-state index contributed by atoms with van der Waals surface area (Å²) in [6, 6.07) is 7.37. The number of amides is 1. The minimum Gasteiger partial charge on any atom is -0.351 e. The number of piperazine rings is 1. The Balaban J connectivity index is 0.00000261. The van der Waals surface area contributed by atoms with Gasteiger partial charge in [0.15, 0.2) is 5.69 Å². The fraction of sp³-hybridized carbons (Fsp3) is 0.500. The highest BCUT2D eigenvalue weighted by Crippen LogP contribution is 2.17. The van der Waals surface area contributed by atoms with E-state index in [1.54, 1.807) is 10.7 Å². The van der Waals surface area contributed by atoms with E-state index in [1.807, 2.05) is 25.1 Å². The topological polar surface area (TPSA) is 75.1 Å². The van der Waals surface area contributed by atoms with Gasteiger partial charge in [0.1, 0.15) is 0 Å². The van der Waals surface area contributed by atoms with Gasteiger partial charge in [-0.3, -0.25) is 4.79 Å². The molecule has 1 aromatic carbocycles. The second-order valence-corrected chi connectivity index (χ2v) is 6.77. The number of carbonyl (C=O) groups is 1. The molecular formula is C18H26Cl2N6O. The Kier molecular flexibility index (Phi) is 8.50. The minimum atomic E-state index is -0.171. The van der Waals surface area contributed by atoms with Gasteiger partial charge in [-0.1, -0.05) is 29.8 Å². The van der Waals surface area contributed by atoms with Gasteiger partial charge in [-0.05, 0) is 37.6 Å². The summed E-state index contributed by atoms with van der Waals surface area (Å²) in [5.74, 6) is -0.171. The normalized spacial score (nSPS) is 14.6. The Labute approximate surface area is 170 Å². The quantitative estimate of drug-likeness (QED) is 0.679. The summed E-state index contributed by atoms with van der Waals surface area (Å²) >= 11 is 6.06. The van der Waals surface area contributed by atoms with Crippen LogP contribution in [0.5, 0.6) is 0 Å². The lowest BCUT2D eigenvalue weighted by molar-refractivity contribution is 0.0945.